The highest BCUT2D eigenvalue weighted by atomic mass is 16.5. The molecule has 0 saturated carbocycles. The van der Waals surface area contributed by atoms with Crippen molar-refractivity contribution >= 4 is 5.97 Å². The Balaban J connectivity index is 0. The van der Waals surface area contributed by atoms with E-state index in [1.165, 1.54) is 6.92 Å². The van der Waals surface area contributed by atoms with Crippen LogP contribution in [0.2, 0.25) is 0 Å². The standard InChI is InChI=1S/C6H12O3.C4H10O2/c1-3-4-9-5(2)6(7)8;5-3-1-2-4-6/h5H,3-4H2,1-2H3,(H,7,8);5-6H,1-4H2. The number of unbranched alkanes of at least 4 members (excludes halogenated alkanes) is 1. The zero-order valence-electron chi connectivity index (χ0n) is 9.48. The summed E-state index contributed by atoms with van der Waals surface area (Å²) in [5, 5.41) is 24.5. The van der Waals surface area contributed by atoms with Gasteiger partial charge in [-0.25, -0.2) is 4.79 Å². The molecule has 92 valence electrons. The molecule has 0 aromatic heterocycles. The molecular formula is C10H22O5. The average molecular weight is 222 g/mol. The minimum Gasteiger partial charge on any atom is -0.479 e. The summed E-state index contributed by atoms with van der Waals surface area (Å²) in [4.78, 5) is 10.1. The van der Waals surface area contributed by atoms with Crippen LogP contribution in [0.1, 0.15) is 33.1 Å². The molecule has 3 N–H and O–H groups in total. The summed E-state index contributed by atoms with van der Waals surface area (Å²) < 4.78 is 4.85. The van der Waals surface area contributed by atoms with Crippen molar-refractivity contribution in [1.82, 2.24) is 0 Å². The van der Waals surface area contributed by atoms with Crippen LogP contribution in [0, 0.1) is 0 Å². The minimum atomic E-state index is -0.900. The van der Waals surface area contributed by atoms with Crippen LogP contribution >= 0.6 is 0 Å². The van der Waals surface area contributed by atoms with Crippen LogP contribution in [-0.4, -0.2) is 47.2 Å². The maximum atomic E-state index is 10.1. The van der Waals surface area contributed by atoms with E-state index in [9.17, 15) is 4.79 Å². The summed E-state index contributed by atoms with van der Waals surface area (Å²) in [5.41, 5.74) is 0. The Morgan fingerprint density at radius 3 is 2.00 bits per heavy atom. The molecule has 0 heterocycles. The molecule has 0 fully saturated rings. The molecule has 0 bridgehead atoms. The molecule has 15 heavy (non-hydrogen) atoms. The highest BCUT2D eigenvalue weighted by Gasteiger charge is 2.08. The van der Waals surface area contributed by atoms with E-state index in [0.717, 1.165) is 19.3 Å². The molecule has 0 radical (unpaired) electrons. The van der Waals surface area contributed by atoms with Gasteiger partial charge in [-0.1, -0.05) is 6.92 Å². The summed E-state index contributed by atoms with van der Waals surface area (Å²) in [5.74, 6) is -0.900. The number of carbonyl (C=O) groups is 1. The van der Waals surface area contributed by atoms with Crippen molar-refractivity contribution in [1.29, 1.82) is 0 Å². The normalized spacial score (nSPS) is 11.5. The molecular weight excluding hydrogens is 200 g/mol. The topological polar surface area (TPSA) is 87.0 Å². The van der Waals surface area contributed by atoms with Crippen molar-refractivity contribution in [3.8, 4) is 0 Å². The van der Waals surface area contributed by atoms with Crippen LogP contribution in [0.3, 0.4) is 0 Å². The van der Waals surface area contributed by atoms with Gasteiger partial charge in [-0.3, -0.25) is 0 Å². The van der Waals surface area contributed by atoms with Gasteiger partial charge in [-0.05, 0) is 26.2 Å². The maximum Gasteiger partial charge on any atom is 0.332 e. The molecule has 0 aliphatic rings. The number of hydrogen-bond acceptors (Lipinski definition) is 4. The Bertz CT molecular complexity index is 134. The fourth-order valence-electron chi connectivity index (χ4n) is 0.590. The van der Waals surface area contributed by atoms with Crippen LogP contribution in [0.25, 0.3) is 0 Å². The number of carboxylic acids is 1. The van der Waals surface area contributed by atoms with Crippen molar-refractivity contribution in [3.63, 3.8) is 0 Å². The summed E-state index contributed by atoms with van der Waals surface area (Å²) in [6.07, 6.45) is 1.63. The predicted octanol–water partition coefficient (Wildman–Crippen LogP) is 0.637. The lowest BCUT2D eigenvalue weighted by atomic mass is 10.3. The molecule has 0 spiro atoms. The van der Waals surface area contributed by atoms with Crippen molar-refractivity contribution < 1.29 is 24.9 Å². The second kappa shape index (κ2) is 13.4. The number of aliphatic carboxylic acids is 1. The van der Waals surface area contributed by atoms with E-state index >= 15 is 0 Å². The Labute approximate surface area is 90.7 Å². The second-order valence-electron chi connectivity index (χ2n) is 3.01. The first-order valence-corrected chi connectivity index (χ1v) is 5.16. The first-order chi connectivity index (χ1) is 7.09. The van der Waals surface area contributed by atoms with Gasteiger partial charge in [0, 0.05) is 19.8 Å². The van der Waals surface area contributed by atoms with Gasteiger partial charge in [0.05, 0.1) is 0 Å². The summed E-state index contributed by atoms with van der Waals surface area (Å²) in [6, 6.07) is 0. The quantitative estimate of drug-likeness (QED) is 0.550. The van der Waals surface area contributed by atoms with E-state index in [2.05, 4.69) is 0 Å². The third-order valence-electron chi connectivity index (χ3n) is 1.49. The molecule has 0 aromatic carbocycles. The molecule has 1 atom stereocenters. The number of aliphatic hydroxyl groups is 2. The predicted molar refractivity (Wildman–Crippen MR) is 56.7 cm³/mol. The smallest absolute Gasteiger partial charge is 0.332 e. The van der Waals surface area contributed by atoms with Gasteiger partial charge in [0.25, 0.3) is 0 Å². The van der Waals surface area contributed by atoms with E-state index in [4.69, 9.17) is 20.1 Å². The number of carboxylic acid groups (broad SMARTS) is 1. The molecule has 0 aliphatic carbocycles. The lowest BCUT2D eigenvalue weighted by Crippen LogP contribution is -2.19. The van der Waals surface area contributed by atoms with Gasteiger partial charge >= 0.3 is 5.97 Å². The summed E-state index contributed by atoms with van der Waals surface area (Å²) in [6.45, 7) is 4.38. The van der Waals surface area contributed by atoms with Gasteiger partial charge in [-0.2, -0.15) is 0 Å². The third-order valence-corrected chi connectivity index (χ3v) is 1.49. The SMILES string of the molecule is CCCOC(C)C(=O)O.OCCCCO. The highest BCUT2D eigenvalue weighted by molar-refractivity contribution is 5.71. The van der Waals surface area contributed by atoms with Gasteiger partial charge < -0.3 is 20.1 Å². The monoisotopic (exact) mass is 222 g/mol. The Morgan fingerprint density at radius 1 is 1.27 bits per heavy atom. The molecule has 1 unspecified atom stereocenters. The fourth-order valence-corrected chi connectivity index (χ4v) is 0.590. The van der Waals surface area contributed by atoms with Gasteiger partial charge in [0.2, 0.25) is 0 Å². The van der Waals surface area contributed by atoms with Gasteiger partial charge in [-0.15, -0.1) is 0 Å². The molecule has 0 saturated heterocycles. The average Bonchev–Trinajstić information content (AvgIpc) is 2.23. The Kier molecular flexibility index (Phi) is 14.9. The third kappa shape index (κ3) is 16.1. The van der Waals surface area contributed by atoms with E-state index in [-0.39, 0.29) is 13.2 Å². The molecule has 0 aliphatic heterocycles. The highest BCUT2D eigenvalue weighted by Crippen LogP contribution is 1.90. The summed E-state index contributed by atoms with van der Waals surface area (Å²) >= 11 is 0. The van der Waals surface area contributed by atoms with E-state index in [1.807, 2.05) is 6.92 Å². The Morgan fingerprint density at radius 2 is 1.73 bits per heavy atom. The van der Waals surface area contributed by atoms with E-state index in [1.54, 1.807) is 0 Å². The largest absolute Gasteiger partial charge is 0.479 e. The van der Waals surface area contributed by atoms with Crippen molar-refractivity contribution in [2.45, 2.75) is 39.2 Å². The zero-order chi connectivity index (χ0) is 12.1. The van der Waals surface area contributed by atoms with Crippen molar-refractivity contribution in [3.05, 3.63) is 0 Å². The molecule has 0 rings (SSSR count). The lowest BCUT2D eigenvalue weighted by molar-refractivity contribution is -0.149. The van der Waals surface area contributed by atoms with Crippen molar-refractivity contribution in [2.24, 2.45) is 0 Å². The van der Waals surface area contributed by atoms with Gasteiger partial charge in [0.15, 0.2) is 6.10 Å². The van der Waals surface area contributed by atoms with Crippen LogP contribution < -0.4 is 0 Å². The zero-order valence-corrected chi connectivity index (χ0v) is 9.48. The lowest BCUT2D eigenvalue weighted by Gasteiger charge is -2.05. The number of hydrogen-bond donors (Lipinski definition) is 3. The first-order valence-electron chi connectivity index (χ1n) is 5.16. The maximum absolute atomic E-state index is 10.1. The van der Waals surface area contributed by atoms with E-state index < -0.39 is 12.1 Å². The minimum absolute atomic E-state index is 0.195. The molecule has 5 heteroatoms. The number of ether oxygens (including phenoxy) is 1. The second-order valence-corrected chi connectivity index (χ2v) is 3.01. The molecule has 5 nitrogen and oxygen atoms in total. The van der Waals surface area contributed by atoms with E-state index in [0.29, 0.717) is 6.61 Å². The van der Waals surface area contributed by atoms with Crippen LogP contribution in [0.15, 0.2) is 0 Å². The van der Waals surface area contributed by atoms with Crippen LogP contribution in [-0.2, 0) is 9.53 Å². The Hall–Kier alpha value is -0.650. The van der Waals surface area contributed by atoms with Crippen LogP contribution in [0.5, 0.6) is 0 Å². The first kappa shape index (κ1) is 16.8. The fraction of sp³-hybridized carbons (Fsp3) is 0.900. The van der Waals surface area contributed by atoms with Gasteiger partial charge in [0.1, 0.15) is 0 Å². The van der Waals surface area contributed by atoms with Crippen molar-refractivity contribution in [2.75, 3.05) is 19.8 Å². The number of rotatable bonds is 7. The summed E-state index contributed by atoms with van der Waals surface area (Å²) in [7, 11) is 0. The van der Waals surface area contributed by atoms with Crippen LogP contribution in [0.4, 0.5) is 0 Å². The molecule has 0 amide bonds. The number of aliphatic hydroxyl groups excluding tert-OH is 2. The molecule has 0 aromatic rings.